The van der Waals surface area contributed by atoms with Crippen LogP contribution in [-0.2, 0) is 33.6 Å². The van der Waals surface area contributed by atoms with Gasteiger partial charge in [0, 0.05) is 31.8 Å². The van der Waals surface area contributed by atoms with Gasteiger partial charge in [-0.2, -0.15) is 0 Å². The maximum atomic E-state index is 13.6. The highest BCUT2D eigenvalue weighted by Gasteiger charge is 2.26. The Bertz CT molecular complexity index is 1270. The first-order valence-corrected chi connectivity index (χ1v) is 15.6. The van der Waals surface area contributed by atoms with Crippen molar-refractivity contribution < 1.29 is 14.4 Å². The summed E-state index contributed by atoms with van der Waals surface area (Å²) in [6.45, 7) is 12.7. The molecule has 41 heavy (non-hydrogen) atoms. The molecular weight excluding hydrogens is 534 g/mol. The van der Waals surface area contributed by atoms with Gasteiger partial charge in [-0.1, -0.05) is 71.0 Å². The Morgan fingerprint density at radius 2 is 1.63 bits per heavy atom. The highest BCUT2D eigenvalue weighted by Crippen LogP contribution is 2.24. The SMILES string of the molecule is CCC(=O)N[C@@H](Cc1nc2ccc(CC)cc2s1)C(=O)N[C@H](CNC(=O)C(C)CN(CC)CC)Cc1ccccc1. The number of fused-ring (bicyclic) bond motifs is 1. The summed E-state index contributed by atoms with van der Waals surface area (Å²) in [5.41, 5.74) is 3.18. The van der Waals surface area contributed by atoms with E-state index in [-0.39, 0.29) is 42.6 Å². The molecule has 0 aliphatic heterocycles. The van der Waals surface area contributed by atoms with Gasteiger partial charge in [-0.25, -0.2) is 4.98 Å². The van der Waals surface area contributed by atoms with Crippen molar-refractivity contribution in [2.45, 2.75) is 72.4 Å². The van der Waals surface area contributed by atoms with Gasteiger partial charge < -0.3 is 20.9 Å². The molecule has 222 valence electrons. The molecule has 1 heterocycles. The van der Waals surface area contributed by atoms with E-state index < -0.39 is 6.04 Å². The summed E-state index contributed by atoms with van der Waals surface area (Å²) < 4.78 is 1.07. The van der Waals surface area contributed by atoms with Crippen LogP contribution in [0.25, 0.3) is 10.2 Å². The summed E-state index contributed by atoms with van der Waals surface area (Å²) in [4.78, 5) is 45.9. The van der Waals surface area contributed by atoms with Crippen LogP contribution in [0.1, 0.15) is 57.2 Å². The third kappa shape index (κ3) is 9.93. The summed E-state index contributed by atoms with van der Waals surface area (Å²) >= 11 is 1.55. The van der Waals surface area contributed by atoms with E-state index in [1.165, 1.54) is 5.56 Å². The molecule has 0 aliphatic rings. The lowest BCUT2D eigenvalue weighted by atomic mass is 10.0. The van der Waals surface area contributed by atoms with E-state index in [1.807, 2.05) is 43.3 Å². The number of thiazole rings is 1. The maximum Gasteiger partial charge on any atom is 0.243 e. The Balaban J connectivity index is 1.75. The zero-order chi connectivity index (χ0) is 29.8. The minimum atomic E-state index is -0.774. The zero-order valence-electron chi connectivity index (χ0n) is 25.0. The number of hydrogen-bond acceptors (Lipinski definition) is 6. The van der Waals surface area contributed by atoms with Crippen LogP contribution in [0.5, 0.6) is 0 Å². The smallest absolute Gasteiger partial charge is 0.243 e. The molecule has 3 N–H and O–H groups in total. The molecule has 1 aromatic heterocycles. The molecule has 0 saturated heterocycles. The number of amides is 3. The molecule has 0 fully saturated rings. The minimum absolute atomic E-state index is 0.0408. The number of aryl methyl sites for hydroxylation is 1. The van der Waals surface area contributed by atoms with E-state index in [0.717, 1.165) is 40.3 Å². The fraction of sp³-hybridized carbons (Fsp3) is 0.500. The molecule has 3 atom stereocenters. The number of nitrogens with one attached hydrogen (secondary N) is 3. The fourth-order valence-corrected chi connectivity index (χ4v) is 5.81. The quantitative estimate of drug-likeness (QED) is 0.237. The second kappa shape index (κ2) is 16.2. The van der Waals surface area contributed by atoms with Crippen molar-refractivity contribution in [2.24, 2.45) is 5.92 Å². The minimum Gasteiger partial charge on any atom is -0.354 e. The molecule has 3 aromatic rings. The number of rotatable bonds is 16. The molecular formula is C32H45N5O3S. The number of carbonyl (C=O) groups is 3. The van der Waals surface area contributed by atoms with E-state index in [4.69, 9.17) is 4.98 Å². The van der Waals surface area contributed by atoms with E-state index in [1.54, 1.807) is 18.3 Å². The van der Waals surface area contributed by atoms with Gasteiger partial charge >= 0.3 is 0 Å². The Labute approximate surface area is 248 Å². The van der Waals surface area contributed by atoms with E-state index in [0.29, 0.717) is 19.4 Å². The normalized spacial score (nSPS) is 13.5. The predicted octanol–water partition coefficient (Wildman–Crippen LogP) is 4.12. The van der Waals surface area contributed by atoms with Gasteiger partial charge in [0.15, 0.2) is 0 Å². The third-order valence-electron chi connectivity index (χ3n) is 7.33. The van der Waals surface area contributed by atoms with Crippen molar-refractivity contribution in [3.05, 3.63) is 64.7 Å². The monoisotopic (exact) mass is 579 g/mol. The molecule has 0 aliphatic carbocycles. The van der Waals surface area contributed by atoms with Crippen molar-refractivity contribution in [3.8, 4) is 0 Å². The zero-order valence-corrected chi connectivity index (χ0v) is 25.9. The molecule has 9 heteroatoms. The van der Waals surface area contributed by atoms with Crippen LogP contribution in [0.2, 0.25) is 0 Å². The van der Waals surface area contributed by atoms with Crippen molar-refractivity contribution in [1.29, 1.82) is 0 Å². The second-order valence-corrected chi connectivity index (χ2v) is 11.6. The second-order valence-electron chi connectivity index (χ2n) is 10.5. The molecule has 2 aromatic carbocycles. The average molecular weight is 580 g/mol. The van der Waals surface area contributed by atoms with Crippen molar-refractivity contribution in [2.75, 3.05) is 26.2 Å². The highest BCUT2D eigenvalue weighted by atomic mass is 32.1. The Morgan fingerprint density at radius 3 is 2.29 bits per heavy atom. The standard InChI is InChI=1S/C32H45N5O3S/c1-6-23-15-16-26-28(18-23)41-30(36-26)19-27(35-29(38)7-2)32(40)34-25(17-24-13-11-10-12-14-24)20-33-31(39)22(5)21-37(8-3)9-4/h10-16,18,22,25,27H,6-9,17,19-21H2,1-5H3,(H,33,39)(H,34,40)(H,35,38)/t22?,25-,27-/m0/s1. The van der Waals surface area contributed by atoms with E-state index >= 15 is 0 Å². The summed E-state index contributed by atoms with van der Waals surface area (Å²) in [7, 11) is 0. The van der Waals surface area contributed by atoms with Crippen molar-refractivity contribution in [3.63, 3.8) is 0 Å². The van der Waals surface area contributed by atoms with Gasteiger partial charge in [0.1, 0.15) is 6.04 Å². The predicted molar refractivity (Wildman–Crippen MR) is 167 cm³/mol. The van der Waals surface area contributed by atoms with Crippen LogP contribution in [0.15, 0.2) is 48.5 Å². The lowest BCUT2D eigenvalue weighted by Crippen LogP contribution is -2.54. The first-order chi connectivity index (χ1) is 19.8. The largest absolute Gasteiger partial charge is 0.354 e. The van der Waals surface area contributed by atoms with Crippen LogP contribution in [0.3, 0.4) is 0 Å². The van der Waals surface area contributed by atoms with Crippen LogP contribution in [0, 0.1) is 5.92 Å². The number of carbonyl (C=O) groups excluding carboxylic acids is 3. The average Bonchev–Trinajstić information content (AvgIpc) is 3.39. The van der Waals surface area contributed by atoms with E-state index in [2.05, 4.69) is 53.8 Å². The van der Waals surface area contributed by atoms with Crippen LogP contribution >= 0.6 is 11.3 Å². The summed E-state index contributed by atoms with van der Waals surface area (Å²) in [5, 5.41) is 9.86. The van der Waals surface area contributed by atoms with Crippen molar-refractivity contribution in [1.82, 2.24) is 25.8 Å². The Hall–Kier alpha value is -3.30. The van der Waals surface area contributed by atoms with Crippen LogP contribution in [0.4, 0.5) is 0 Å². The molecule has 8 nitrogen and oxygen atoms in total. The Morgan fingerprint density at radius 1 is 0.902 bits per heavy atom. The van der Waals surface area contributed by atoms with Gasteiger partial charge in [-0.3, -0.25) is 14.4 Å². The van der Waals surface area contributed by atoms with Crippen LogP contribution in [-0.4, -0.2) is 65.9 Å². The van der Waals surface area contributed by atoms with Crippen molar-refractivity contribution >= 4 is 39.3 Å². The highest BCUT2D eigenvalue weighted by molar-refractivity contribution is 7.18. The number of nitrogens with zero attached hydrogens (tertiary/aromatic N) is 2. The molecule has 0 bridgehead atoms. The molecule has 0 saturated carbocycles. The number of benzene rings is 2. The maximum absolute atomic E-state index is 13.6. The molecule has 1 unspecified atom stereocenters. The number of aromatic nitrogens is 1. The molecule has 3 rings (SSSR count). The lowest BCUT2D eigenvalue weighted by Gasteiger charge is -2.25. The topological polar surface area (TPSA) is 103 Å². The fourth-order valence-electron chi connectivity index (χ4n) is 4.73. The lowest BCUT2D eigenvalue weighted by molar-refractivity contribution is -0.129. The third-order valence-corrected chi connectivity index (χ3v) is 8.37. The van der Waals surface area contributed by atoms with Gasteiger partial charge in [-0.15, -0.1) is 11.3 Å². The van der Waals surface area contributed by atoms with Gasteiger partial charge in [0.2, 0.25) is 17.7 Å². The summed E-state index contributed by atoms with van der Waals surface area (Å²) in [6, 6.07) is 15.0. The number of hydrogen-bond donors (Lipinski definition) is 3. The molecule has 3 amide bonds. The Kier molecular flexibility index (Phi) is 12.7. The first kappa shape index (κ1) is 32.2. The molecule has 0 spiro atoms. The van der Waals surface area contributed by atoms with Gasteiger partial charge in [-0.05, 0) is 49.2 Å². The summed E-state index contributed by atoms with van der Waals surface area (Å²) in [5.74, 6) is -0.697. The first-order valence-electron chi connectivity index (χ1n) is 14.8. The van der Waals surface area contributed by atoms with Crippen LogP contribution < -0.4 is 16.0 Å². The van der Waals surface area contributed by atoms with Gasteiger partial charge in [0.05, 0.1) is 21.3 Å². The molecule has 0 radical (unpaired) electrons. The van der Waals surface area contributed by atoms with Gasteiger partial charge in [0.25, 0.3) is 0 Å². The summed E-state index contributed by atoms with van der Waals surface area (Å²) in [6.07, 6.45) is 2.06. The van der Waals surface area contributed by atoms with E-state index in [9.17, 15) is 14.4 Å².